The Labute approximate surface area is 354 Å². The number of nitrogens with two attached hydrogens (primary N) is 3. The fourth-order valence-corrected chi connectivity index (χ4v) is 7.31. The number of carbonyl (C=O) groups excluding carboxylic acids is 6. The first-order valence-corrected chi connectivity index (χ1v) is 22.5. The Hall–Kier alpha value is -4.78. The highest BCUT2D eigenvalue weighted by Crippen LogP contribution is 2.19. The lowest BCUT2D eigenvalue weighted by atomic mass is 10.0. The third kappa shape index (κ3) is 15.7. The monoisotopic (exact) mass is 855 g/mol. The topological polar surface area (TPSA) is 277 Å². The molecule has 18 heteroatoms. The second-order valence-electron chi connectivity index (χ2n) is 14.8. The molecule has 13 N–H and O–H groups in total. The number of para-hydroxylation sites is 1. The number of unbranched alkanes of at least 4 members (excludes halogenated alkanes) is 1. The van der Waals surface area contributed by atoms with Crippen molar-refractivity contribution in [1.82, 2.24) is 31.6 Å². The molecule has 3 aromatic rings. The molecule has 0 radical (unpaired) electrons. The summed E-state index contributed by atoms with van der Waals surface area (Å²) in [6.07, 6.45) is 7.50. The number of primary amides is 1. The van der Waals surface area contributed by atoms with Gasteiger partial charge in [-0.3, -0.25) is 28.8 Å². The van der Waals surface area contributed by atoms with E-state index >= 15 is 0 Å². The Morgan fingerprint density at radius 2 is 1.25 bits per heavy atom. The second kappa shape index (κ2) is 25.0. The van der Waals surface area contributed by atoms with Crippen LogP contribution >= 0.6 is 23.5 Å². The molecule has 0 saturated carbocycles. The minimum Gasteiger partial charge on any atom is -0.508 e. The Morgan fingerprint density at radius 3 is 1.88 bits per heavy atom. The van der Waals surface area contributed by atoms with Crippen molar-refractivity contribution in [3.8, 4) is 5.75 Å². The second-order valence-corrected chi connectivity index (χ2v) is 16.7. The molecule has 6 atom stereocenters. The minimum absolute atomic E-state index is 0.00869. The van der Waals surface area contributed by atoms with E-state index < -0.39 is 77.6 Å². The summed E-state index contributed by atoms with van der Waals surface area (Å²) in [5, 5.41) is 24.6. The molecule has 0 unspecified atom stereocenters. The summed E-state index contributed by atoms with van der Waals surface area (Å²) >= 11 is 2.95. The van der Waals surface area contributed by atoms with Crippen molar-refractivity contribution in [2.24, 2.45) is 23.1 Å². The van der Waals surface area contributed by atoms with E-state index in [1.54, 1.807) is 32.2 Å². The SMILES string of the molecule is CSCC[C@H](NC(=O)[C@@H](NC(=O)[C@H](CCSC)NC(=O)[C@H](Cc1ccc(O)cc1)NC(=O)[C@H](CCCCN)NC(=O)[C@@H](N)Cc1c[nH]c2ccccc12)C(C)C)C(N)=O. The highest BCUT2D eigenvalue weighted by atomic mass is 32.2. The van der Waals surface area contributed by atoms with E-state index in [2.05, 4.69) is 31.6 Å². The molecular weight excluding hydrogens is 795 g/mol. The summed E-state index contributed by atoms with van der Waals surface area (Å²) in [5.41, 5.74) is 20.0. The molecule has 0 aliphatic rings. The van der Waals surface area contributed by atoms with Gasteiger partial charge in [-0.2, -0.15) is 23.5 Å². The fraction of sp³-hybridized carbons (Fsp3) is 0.512. The molecule has 0 fully saturated rings. The molecular formula is C41H61N9O7S2. The highest BCUT2D eigenvalue weighted by molar-refractivity contribution is 7.98. The summed E-state index contributed by atoms with van der Waals surface area (Å²) in [5.74, 6) is -3.12. The molecule has 16 nitrogen and oxygen atoms in total. The van der Waals surface area contributed by atoms with Gasteiger partial charge < -0.3 is 53.9 Å². The maximum atomic E-state index is 14.2. The van der Waals surface area contributed by atoms with Gasteiger partial charge in [0.15, 0.2) is 0 Å². The summed E-state index contributed by atoms with van der Waals surface area (Å²) in [6, 6.07) is 7.36. The minimum atomic E-state index is -1.23. The summed E-state index contributed by atoms with van der Waals surface area (Å²) in [7, 11) is 0. The van der Waals surface area contributed by atoms with Gasteiger partial charge in [-0.15, -0.1) is 0 Å². The maximum Gasteiger partial charge on any atom is 0.243 e. The molecule has 0 spiro atoms. The molecule has 0 aliphatic heterocycles. The number of hydrogen-bond acceptors (Lipinski definition) is 11. The molecule has 2 aromatic carbocycles. The van der Waals surface area contributed by atoms with Crippen molar-refractivity contribution in [2.45, 2.75) is 95.0 Å². The number of phenolic OH excluding ortho intramolecular Hbond substituents is 1. The molecule has 0 saturated heterocycles. The normalized spacial score (nSPS) is 14.4. The average Bonchev–Trinajstić information content (AvgIpc) is 3.61. The molecule has 324 valence electrons. The van der Waals surface area contributed by atoms with Crippen molar-refractivity contribution in [2.75, 3.05) is 30.6 Å². The first-order chi connectivity index (χ1) is 28.2. The van der Waals surface area contributed by atoms with Crippen LogP contribution in [0.1, 0.15) is 57.1 Å². The molecule has 0 bridgehead atoms. The smallest absolute Gasteiger partial charge is 0.243 e. The number of thioether (sulfide) groups is 2. The number of H-pyrrole nitrogens is 1. The van der Waals surface area contributed by atoms with Crippen LogP contribution in [0.5, 0.6) is 5.75 Å². The van der Waals surface area contributed by atoms with E-state index in [0.717, 1.165) is 16.5 Å². The number of aromatic hydroxyl groups is 1. The van der Waals surface area contributed by atoms with E-state index in [9.17, 15) is 33.9 Å². The number of aromatic amines is 1. The number of fused-ring (bicyclic) bond motifs is 1. The molecule has 1 heterocycles. The predicted molar refractivity (Wildman–Crippen MR) is 234 cm³/mol. The van der Waals surface area contributed by atoms with Gasteiger partial charge in [-0.05, 0) is 104 Å². The zero-order chi connectivity index (χ0) is 43.5. The lowest BCUT2D eigenvalue weighted by Gasteiger charge is -2.28. The van der Waals surface area contributed by atoms with Gasteiger partial charge in [0.2, 0.25) is 35.4 Å². The maximum absolute atomic E-state index is 14.2. The van der Waals surface area contributed by atoms with Crippen LogP contribution < -0.4 is 43.8 Å². The van der Waals surface area contributed by atoms with Crippen molar-refractivity contribution < 1.29 is 33.9 Å². The molecule has 0 aliphatic carbocycles. The first kappa shape index (κ1) is 48.6. The van der Waals surface area contributed by atoms with E-state index in [-0.39, 0.29) is 31.4 Å². The fourth-order valence-electron chi connectivity index (χ4n) is 6.37. The van der Waals surface area contributed by atoms with Crippen LogP contribution in [0.25, 0.3) is 10.9 Å². The van der Waals surface area contributed by atoms with Crippen LogP contribution in [-0.4, -0.2) is 112 Å². The van der Waals surface area contributed by atoms with Gasteiger partial charge in [-0.25, -0.2) is 0 Å². The van der Waals surface area contributed by atoms with Gasteiger partial charge in [0.1, 0.15) is 36.0 Å². The van der Waals surface area contributed by atoms with Crippen molar-refractivity contribution in [1.29, 1.82) is 0 Å². The van der Waals surface area contributed by atoms with Crippen LogP contribution in [-0.2, 0) is 41.6 Å². The Morgan fingerprint density at radius 1 is 0.695 bits per heavy atom. The highest BCUT2D eigenvalue weighted by Gasteiger charge is 2.33. The zero-order valence-electron chi connectivity index (χ0n) is 34.3. The van der Waals surface area contributed by atoms with Crippen LogP contribution in [0.2, 0.25) is 0 Å². The van der Waals surface area contributed by atoms with E-state index in [4.69, 9.17) is 17.2 Å². The van der Waals surface area contributed by atoms with Gasteiger partial charge >= 0.3 is 0 Å². The number of phenols is 1. The largest absolute Gasteiger partial charge is 0.508 e. The van der Waals surface area contributed by atoms with Gasteiger partial charge in [0.05, 0.1) is 6.04 Å². The summed E-state index contributed by atoms with van der Waals surface area (Å²) in [4.78, 5) is 84.2. The first-order valence-electron chi connectivity index (χ1n) is 19.8. The lowest BCUT2D eigenvalue weighted by molar-refractivity contribution is -0.135. The van der Waals surface area contributed by atoms with Crippen LogP contribution in [0.15, 0.2) is 54.7 Å². The van der Waals surface area contributed by atoms with E-state index in [1.165, 1.54) is 35.7 Å². The quantitative estimate of drug-likeness (QED) is 0.0512. The Balaban J connectivity index is 1.84. The number of carbonyl (C=O) groups is 6. The summed E-state index contributed by atoms with van der Waals surface area (Å²) in [6.45, 7) is 3.85. The third-order valence-corrected chi connectivity index (χ3v) is 11.1. The van der Waals surface area contributed by atoms with Crippen LogP contribution in [0.4, 0.5) is 0 Å². The predicted octanol–water partition coefficient (Wildman–Crippen LogP) is 1.19. The van der Waals surface area contributed by atoms with E-state index in [1.807, 2.05) is 36.8 Å². The van der Waals surface area contributed by atoms with Crippen LogP contribution in [0, 0.1) is 5.92 Å². The van der Waals surface area contributed by atoms with E-state index in [0.29, 0.717) is 42.9 Å². The Bertz CT molecular complexity index is 1840. The summed E-state index contributed by atoms with van der Waals surface area (Å²) < 4.78 is 0. The number of nitrogens with one attached hydrogen (secondary N) is 6. The standard InChI is InChI=1S/C41H61N9O7S2/c1-24(2)35(41(57)46-31(36(44)52)16-19-58-3)50-39(55)33(17-20-59-4)48-40(56)34(21-25-12-14-27(51)15-13-25)49-38(54)32(11-7-8-18-42)47-37(53)29(43)22-26-23-45-30-10-6-5-9-28(26)30/h5-6,9-10,12-15,23-24,29,31-35,45,51H,7-8,11,16-22,42-43H2,1-4H3,(H2,44,52)(H,46,57)(H,47,53)(H,48,56)(H,49,54)(H,50,55)/t29-,31-,32-,33-,34-,35-/m0/s1. The van der Waals surface area contributed by atoms with Gasteiger partial charge in [0.25, 0.3) is 0 Å². The molecule has 6 amide bonds. The lowest BCUT2D eigenvalue weighted by Crippen LogP contribution is -2.60. The molecule has 59 heavy (non-hydrogen) atoms. The van der Waals surface area contributed by atoms with Crippen molar-refractivity contribution in [3.05, 3.63) is 65.9 Å². The van der Waals surface area contributed by atoms with Crippen molar-refractivity contribution >= 4 is 69.9 Å². The zero-order valence-corrected chi connectivity index (χ0v) is 35.9. The number of benzene rings is 2. The number of rotatable bonds is 26. The van der Waals surface area contributed by atoms with Gasteiger partial charge in [-0.1, -0.05) is 44.2 Å². The number of hydrogen-bond donors (Lipinski definition) is 10. The third-order valence-electron chi connectivity index (χ3n) is 9.80. The number of amides is 6. The van der Waals surface area contributed by atoms with Crippen molar-refractivity contribution in [3.63, 3.8) is 0 Å². The number of aromatic nitrogens is 1. The molecule has 1 aromatic heterocycles. The average molecular weight is 856 g/mol. The Kier molecular flexibility index (Phi) is 20.6. The van der Waals surface area contributed by atoms with Gasteiger partial charge in [0, 0.05) is 23.5 Å². The van der Waals surface area contributed by atoms with Crippen LogP contribution in [0.3, 0.4) is 0 Å². The molecule has 3 rings (SSSR count).